The summed E-state index contributed by atoms with van der Waals surface area (Å²) in [6.45, 7) is 0.149. The van der Waals surface area contributed by atoms with Crippen molar-refractivity contribution in [1.29, 1.82) is 0 Å². The highest BCUT2D eigenvalue weighted by molar-refractivity contribution is 5.94. The van der Waals surface area contributed by atoms with Crippen LogP contribution in [-0.2, 0) is 17.9 Å². The first kappa shape index (κ1) is 19.6. The Kier molecular flexibility index (Phi) is 5.22. The molecule has 0 aliphatic heterocycles. The van der Waals surface area contributed by atoms with Gasteiger partial charge in [0.1, 0.15) is 6.54 Å². The van der Waals surface area contributed by atoms with E-state index in [1.165, 1.54) is 0 Å². The summed E-state index contributed by atoms with van der Waals surface area (Å²) in [7, 11) is 1.57. The van der Waals surface area contributed by atoms with Crippen LogP contribution < -0.4 is 16.4 Å². The molecule has 1 aliphatic carbocycles. The quantitative estimate of drug-likeness (QED) is 0.643. The molecule has 0 unspecified atom stereocenters. The molecule has 8 heteroatoms. The molecular formula is C22H22N4O4. The smallest absolute Gasteiger partial charge is 0.273 e. The summed E-state index contributed by atoms with van der Waals surface area (Å²) in [6, 6.07) is 13.7. The Morgan fingerprint density at radius 1 is 1.07 bits per heavy atom. The van der Waals surface area contributed by atoms with Crippen molar-refractivity contribution in [3.05, 3.63) is 80.4 Å². The molecule has 0 atom stereocenters. The number of amides is 2. The number of aromatic nitrogens is 2. The van der Waals surface area contributed by atoms with E-state index in [9.17, 15) is 19.2 Å². The van der Waals surface area contributed by atoms with Crippen LogP contribution in [0.25, 0.3) is 10.8 Å². The maximum atomic E-state index is 13.0. The Labute approximate surface area is 172 Å². The number of aromatic amines is 1. The van der Waals surface area contributed by atoms with Gasteiger partial charge in [0.15, 0.2) is 0 Å². The molecule has 1 saturated carbocycles. The van der Waals surface area contributed by atoms with E-state index in [0.717, 1.165) is 23.1 Å². The van der Waals surface area contributed by atoms with Crippen molar-refractivity contribution in [2.45, 2.75) is 32.0 Å². The highest BCUT2D eigenvalue weighted by Gasteiger charge is 2.32. The number of nitrogens with zero attached hydrogens (tertiary/aromatic N) is 2. The second kappa shape index (κ2) is 7.98. The van der Waals surface area contributed by atoms with Gasteiger partial charge in [-0.2, -0.15) is 0 Å². The normalized spacial score (nSPS) is 13.2. The number of rotatable bonds is 6. The number of hydrogen-bond donors (Lipinski definition) is 2. The number of carbonyl (C=O) groups excluding carboxylic acids is 2. The SMILES string of the molecule is CNC(=O)c1ccc(CN(C(=O)Cn2[nH]c(=O)c3ccccc3c2=O)C2CC2)cc1. The Morgan fingerprint density at radius 2 is 1.73 bits per heavy atom. The lowest BCUT2D eigenvalue weighted by molar-refractivity contribution is -0.133. The van der Waals surface area contributed by atoms with Crippen LogP contribution in [0.3, 0.4) is 0 Å². The number of hydrogen-bond acceptors (Lipinski definition) is 4. The molecule has 2 aromatic carbocycles. The van der Waals surface area contributed by atoms with Crippen LogP contribution in [0, 0.1) is 0 Å². The van der Waals surface area contributed by atoms with Crippen LogP contribution in [0.15, 0.2) is 58.1 Å². The van der Waals surface area contributed by atoms with E-state index in [1.807, 2.05) is 12.1 Å². The summed E-state index contributed by atoms with van der Waals surface area (Å²) in [6.07, 6.45) is 1.82. The maximum Gasteiger partial charge on any atom is 0.273 e. The fourth-order valence-electron chi connectivity index (χ4n) is 3.49. The van der Waals surface area contributed by atoms with Crippen LogP contribution in [0.5, 0.6) is 0 Å². The first-order valence-electron chi connectivity index (χ1n) is 9.80. The molecule has 0 radical (unpaired) electrons. The van der Waals surface area contributed by atoms with E-state index in [0.29, 0.717) is 17.5 Å². The Balaban J connectivity index is 1.56. The van der Waals surface area contributed by atoms with Crippen LogP contribution >= 0.6 is 0 Å². The molecule has 0 bridgehead atoms. The second-order valence-corrected chi connectivity index (χ2v) is 7.41. The lowest BCUT2D eigenvalue weighted by atomic mass is 10.1. The molecule has 1 heterocycles. The van der Waals surface area contributed by atoms with Gasteiger partial charge in [0.05, 0.1) is 10.8 Å². The number of nitrogens with one attached hydrogen (secondary N) is 2. The number of fused-ring (bicyclic) bond motifs is 1. The maximum absolute atomic E-state index is 13.0. The Bertz CT molecular complexity index is 1220. The van der Waals surface area contributed by atoms with Gasteiger partial charge in [-0.25, -0.2) is 4.68 Å². The van der Waals surface area contributed by atoms with Gasteiger partial charge < -0.3 is 10.2 Å². The van der Waals surface area contributed by atoms with Gasteiger partial charge >= 0.3 is 0 Å². The van der Waals surface area contributed by atoms with Crippen molar-refractivity contribution in [1.82, 2.24) is 20.0 Å². The molecule has 1 aliphatic rings. The molecule has 8 nitrogen and oxygen atoms in total. The van der Waals surface area contributed by atoms with E-state index in [4.69, 9.17) is 0 Å². The van der Waals surface area contributed by atoms with Crippen molar-refractivity contribution < 1.29 is 9.59 Å². The Hall–Kier alpha value is -3.68. The fraction of sp³-hybridized carbons (Fsp3) is 0.273. The van der Waals surface area contributed by atoms with Crippen molar-refractivity contribution in [2.24, 2.45) is 0 Å². The highest BCUT2D eigenvalue weighted by Crippen LogP contribution is 2.28. The molecule has 4 rings (SSSR count). The first-order valence-corrected chi connectivity index (χ1v) is 9.80. The van der Waals surface area contributed by atoms with Crippen LogP contribution in [0.4, 0.5) is 0 Å². The zero-order valence-electron chi connectivity index (χ0n) is 16.6. The summed E-state index contributed by atoms with van der Waals surface area (Å²) in [5.41, 5.74) is 0.637. The second-order valence-electron chi connectivity index (χ2n) is 7.41. The standard InChI is InChI=1S/C22H22N4O4/c1-23-20(28)15-8-6-14(7-9-15)12-25(16-10-11-16)19(27)13-26-22(30)18-5-3-2-4-17(18)21(29)24-26/h2-9,16H,10-13H2,1H3,(H,23,28)(H,24,29). The van der Waals surface area contributed by atoms with Crippen LogP contribution in [-0.4, -0.2) is 39.6 Å². The molecule has 30 heavy (non-hydrogen) atoms. The van der Waals surface area contributed by atoms with E-state index in [1.54, 1.807) is 48.3 Å². The molecule has 1 fully saturated rings. The van der Waals surface area contributed by atoms with Crippen LogP contribution in [0.2, 0.25) is 0 Å². The number of benzene rings is 2. The summed E-state index contributed by atoms with van der Waals surface area (Å²) < 4.78 is 1.08. The summed E-state index contributed by atoms with van der Waals surface area (Å²) in [5.74, 6) is -0.405. The van der Waals surface area contributed by atoms with Gasteiger partial charge in [0, 0.05) is 25.2 Å². The third-order valence-corrected chi connectivity index (χ3v) is 5.28. The molecule has 154 valence electrons. The van der Waals surface area contributed by atoms with Gasteiger partial charge in [-0.05, 0) is 42.7 Å². The molecule has 2 N–H and O–H groups in total. The molecule has 1 aromatic heterocycles. The highest BCUT2D eigenvalue weighted by atomic mass is 16.2. The minimum atomic E-state index is -0.402. The third-order valence-electron chi connectivity index (χ3n) is 5.28. The van der Waals surface area contributed by atoms with E-state index in [2.05, 4.69) is 10.4 Å². The first-order chi connectivity index (χ1) is 14.5. The largest absolute Gasteiger partial charge is 0.355 e. The Morgan fingerprint density at radius 3 is 2.37 bits per heavy atom. The number of carbonyl (C=O) groups is 2. The minimum Gasteiger partial charge on any atom is -0.355 e. The van der Waals surface area contributed by atoms with Gasteiger partial charge in [-0.1, -0.05) is 24.3 Å². The zero-order chi connectivity index (χ0) is 21.3. The molecule has 0 saturated heterocycles. The third kappa shape index (κ3) is 3.89. The zero-order valence-corrected chi connectivity index (χ0v) is 16.6. The van der Waals surface area contributed by atoms with E-state index >= 15 is 0 Å². The van der Waals surface area contributed by atoms with Gasteiger partial charge in [0.25, 0.3) is 17.0 Å². The summed E-state index contributed by atoms with van der Waals surface area (Å²) in [5, 5.41) is 5.68. The topological polar surface area (TPSA) is 104 Å². The fourth-order valence-corrected chi connectivity index (χ4v) is 3.49. The van der Waals surface area contributed by atoms with E-state index < -0.39 is 11.1 Å². The monoisotopic (exact) mass is 406 g/mol. The molecule has 3 aromatic rings. The summed E-state index contributed by atoms with van der Waals surface area (Å²) >= 11 is 0. The average molecular weight is 406 g/mol. The minimum absolute atomic E-state index is 0.124. The van der Waals surface area contributed by atoms with Crippen molar-refractivity contribution in [2.75, 3.05) is 7.05 Å². The lowest BCUT2D eigenvalue weighted by Gasteiger charge is -2.23. The molecule has 0 spiro atoms. The summed E-state index contributed by atoms with van der Waals surface area (Å²) in [4.78, 5) is 51.4. The van der Waals surface area contributed by atoms with Gasteiger partial charge in [-0.15, -0.1) is 0 Å². The predicted octanol–water partition coefficient (Wildman–Crippen LogP) is 1.24. The van der Waals surface area contributed by atoms with Crippen molar-refractivity contribution in [3.63, 3.8) is 0 Å². The molecular weight excluding hydrogens is 384 g/mol. The predicted molar refractivity (Wildman–Crippen MR) is 112 cm³/mol. The average Bonchev–Trinajstić information content (AvgIpc) is 3.60. The van der Waals surface area contributed by atoms with Crippen LogP contribution in [0.1, 0.15) is 28.8 Å². The van der Waals surface area contributed by atoms with Crippen molar-refractivity contribution >= 4 is 22.6 Å². The van der Waals surface area contributed by atoms with Gasteiger partial charge in [-0.3, -0.25) is 24.3 Å². The lowest BCUT2D eigenvalue weighted by Crippen LogP contribution is -2.40. The van der Waals surface area contributed by atoms with Gasteiger partial charge in [0.2, 0.25) is 5.91 Å². The molecule has 2 amide bonds. The number of H-pyrrole nitrogens is 1. The van der Waals surface area contributed by atoms with Crippen molar-refractivity contribution in [3.8, 4) is 0 Å². The van der Waals surface area contributed by atoms with E-state index in [-0.39, 0.29) is 29.8 Å².